The van der Waals surface area contributed by atoms with Gasteiger partial charge in [-0.1, -0.05) is 23.7 Å². The van der Waals surface area contributed by atoms with Gasteiger partial charge in [0, 0.05) is 30.1 Å². The number of furan rings is 1. The Hall–Kier alpha value is -3.63. The smallest absolute Gasteiger partial charge is 0.407 e. The number of anilines is 2. The lowest BCUT2D eigenvalue weighted by Crippen LogP contribution is -2.39. The molecule has 1 saturated carbocycles. The van der Waals surface area contributed by atoms with Crippen molar-refractivity contribution in [3.05, 3.63) is 53.4 Å². The first-order valence-corrected chi connectivity index (χ1v) is 14.3. The van der Waals surface area contributed by atoms with Gasteiger partial charge in [0.25, 0.3) is 5.91 Å². The van der Waals surface area contributed by atoms with Crippen LogP contribution in [0.4, 0.5) is 16.3 Å². The predicted octanol–water partition coefficient (Wildman–Crippen LogP) is 6.08. The minimum Gasteiger partial charge on any atom is -0.449 e. The first kappa shape index (κ1) is 30.3. The van der Waals surface area contributed by atoms with Gasteiger partial charge in [-0.15, -0.1) is 0 Å². The number of pyridine rings is 1. The van der Waals surface area contributed by atoms with E-state index in [9.17, 15) is 14.4 Å². The van der Waals surface area contributed by atoms with Crippen LogP contribution in [0.25, 0.3) is 11.0 Å². The summed E-state index contributed by atoms with van der Waals surface area (Å²) in [5.41, 5.74) is 0.344. The van der Waals surface area contributed by atoms with E-state index in [1.807, 2.05) is 39.0 Å². The molecule has 0 radical (unpaired) electrons. The number of ether oxygens (including phenoxy) is 1. The molecule has 0 aliphatic heterocycles. The van der Waals surface area contributed by atoms with Gasteiger partial charge in [0.15, 0.2) is 0 Å². The number of alkyl carbamates (subject to hydrolysis) is 1. The van der Waals surface area contributed by atoms with Crippen molar-refractivity contribution in [2.45, 2.75) is 64.5 Å². The van der Waals surface area contributed by atoms with Gasteiger partial charge < -0.3 is 30.0 Å². The molecule has 2 heterocycles. The van der Waals surface area contributed by atoms with Crippen LogP contribution in [0, 0.1) is 5.92 Å². The molecule has 0 unspecified atom stereocenters. The highest BCUT2D eigenvalue weighted by atomic mass is 35.5. The summed E-state index contributed by atoms with van der Waals surface area (Å²) in [6.07, 6.45) is 5.09. The maximum atomic E-state index is 13.4. The molecular formula is C30H38ClN5O5. The summed E-state index contributed by atoms with van der Waals surface area (Å²) in [6.45, 7) is 6.89. The van der Waals surface area contributed by atoms with E-state index in [0.29, 0.717) is 40.1 Å². The Kier molecular flexibility index (Phi) is 9.88. The number of rotatable bonds is 9. The van der Waals surface area contributed by atoms with Gasteiger partial charge in [-0.2, -0.15) is 0 Å². The number of para-hydroxylation sites is 1. The molecule has 0 spiro atoms. The zero-order valence-electron chi connectivity index (χ0n) is 24.0. The van der Waals surface area contributed by atoms with Crippen molar-refractivity contribution in [1.82, 2.24) is 15.2 Å². The van der Waals surface area contributed by atoms with E-state index in [0.717, 1.165) is 38.6 Å². The van der Waals surface area contributed by atoms with Crippen LogP contribution in [0.5, 0.6) is 0 Å². The minimum atomic E-state index is -0.516. The molecule has 3 N–H and O–H groups in total. The van der Waals surface area contributed by atoms with Gasteiger partial charge in [-0.3, -0.25) is 9.59 Å². The van der Waals surface area contributed by atoms with Crippen LogP contribution in [-0.2, 0) is 9.53 Å². The lowest BCUT2D eigenvalue weighted by atomic mass is 9.84. The van der Waals surface area contributed by atoms with Crippen molar-refractivity contribution in [3.63, 3.8) is 0 Å². The molecule has 4 rings (SSSR count). The first-order chi connectivity index (χ1) is 19.5. The predicted molar refractivity (Wildman–Crippen MR) is 159 cm³/mol. The Balaban J connectivity index is 1.31. The van der Waals surface area contributed by atoms with E-state index in [1.54, 1.807) is 18.2 Å². The standard InChI is InChI=1S/C30H38ClN5O5/c1-30(2,3)41-29(39)32-16-7-17-36(4)21-13-10-19(11-14-21)27(37)35-25-22-8-5-6-9-23(22)40-26(25)28(38)34-24-15-12-20(31)18-33-24/h5-6,8-9,12,15,18-19,21H,7,10-11,13-14,16-17H2,1-4H3,(H,32,39)(H,35,37)(H,33,34,38). The van der Waals surface area contributed by atoms with E-state index in [4.69, 9.17) is 20.8 Å². The summed E-state index contributed by atoms with van der Waals surface area (Å²) in [5, 5.41) is 9.60. The molecule has 10 nitrogen and oxygen atoms in total. The van der Waals surface area contributed by atoms with Crippen molar-refractivity contribution in [3.8, 4) is 0 Å². The summed E-state index contributed by atoms with van der Waals surface area (Å²) in [5.74, 6) is -0.475. The number of aromatic nitrogens is 1. The van der Waals surface area contributed by atoms with E-state index in [-0.39, 0.29) is 17.6 Å². The van der Waals surface area contributed by atoms with E-state index >= 15 is 0 Å². The molecule has 0 saturated heterocycles. The van der Waals surface area contributed by atoms with E-state index < -0.39 is 17.6 Å². The maximum absolute atomic E-state index is 13.4. The number of nitrogens with one attached hydrogen (secondary N) is 3. The molecule has 0 bridgehead atoms. The van der Waals surface area contributed by atoms with Crippen LogP contribution in [0.1, 0.15) is 63.4 Å². The van der Waals surface area contributed by atoms with E-state index in [2.05, 4.69) is 32.9 Å². The number of hydrogen-bond donors (Lipinski definition) is 3. The van der Waals surface area contributed by atoms with Gasteiger partial charge >= 0.3 is 6.09 Å². The molecule has 0 atom stereocenters. The summed E-state index contributed by atoms with van der Waals surface area (Å²) >= 11 is 5.90. The molecule has 3 amide bonds. The minimum absolute atomic E-state index is 0.0183. The van der Waals surface area contributed by atoms with Gasteiger partial charge in [0.1, 0.15) is 22.7 Å². The summed E-state index contributed by atoms with van der Waals surface area (Å²) < 4.78 is 11.1. The third kappa shape index (κ3) is 8.43. The maximum Gasteiger partial charge on any atom is 0.407 e. The van der Waals surface area contributed by atoms with Crippen LogP contribution in [0.2, 0.25) is 5.02 Å². The average molecular weight is 584 g/mol. The van der Waals surface area contributed by atoms with Crippen LogP contribution < -0.4 is 16.0 Å². The monoisotopic (exact) mass is 583 g/mol. The number of benzene rings is 1. The topological polar surface area (TPSA) is 126 Å². The Labute approximate surface area is 245 Å². The summed E-state index contributed by atoms with van der Waals surface area (Å²) in [7, 11) is 2.08. The quantitative estimate of drug-likeness (QED) is 0.261. The Bertz CT molecular complexity index is 1360. The highest BCUT2D eigenvalue weighted by Crippen LogP contribution is 2.34. The Morgan fingerprint density at radius 1 is 1.07 bits per heavy atom. The van der Waals surface area contributed by atoms with Crippen LogP contribution in [-0.4, -0.2) is 59.6 Å². The number of nitrogens with zero attached hydrogens (tertiary/aromatic N) is 2. The average Bonchev–Trinajstić information content (AvgIpc) is 3.30. The molecule has 1 aromatic carbocycles. The van der Waals surface area contributed by atoms with E-state index in [1.165, 1.54) is 6.20 Å². The lowest BCUT2D eigenvalue weighted by Gasteiger charge is -2.34. The second-order valence-corrected chi connectivity index (χ2v) is 11.8. The Morgan fingerprint density at radius 3 is 2.49 bits per heavy atom. The van der Waals surface area contributed by atoms with Gasteiger partial charge in [-0.25, -0.2) is 9.78 Å². The summed E-state index contributed by atoms with van der Waals surface area (Å²) in [6, 6.07) is 10.8. The SMILES string of the molecule is CN(CCCNC(=O)OC(C)(C)C)C1CCC(C(=O)Nc2c(C(=O)Nc3ccc(Cl)cn3)oc3ccccc23)CC1. The molecule has 1 fully saturated rings. The normalized spacial score (nSPS) is 17.3. The fraction of sp³-hybridized carbons (Fsp3) is 0.467. The van der Waals surface area contributed by atoms with Gasteiger partial charge in [-0.05, 0) is 90.7 Å². The van der Waals surface area contributed by atoms with Crippen molar-refractivity contribution in [2.75, 3.05) is 30.8 Å². The summed E-state index contributed by atoms with van der Waals surface area (Å²) in [4.78, 5) is 44.7. The molecule has 41 heavy (non-hydrogen) atoms. The number of fused-ring (bicyclic) bond motifs is 1. The first-order valence-electron chi connectivity index (χ1n) is 13.9. The van der Waals surface area contributed by atoms with Crippen LogP contribution >= 0.6 is 11.6 Å². The fourth-order valence-corrected chi connectivity index (χ4v) is 5.08. The lowest BCUT2D eigenvalue weighted by molar-refractivity contribution is -0.121. The number of halogens is 1. The number of carbonyl (C=O) groups excluding carboxylic acids is 3. The third-order valence-electron chi connectivity index (χ3n) is 7.07. The van der Waals surface area contributed by atoms with Crippen LogP contribution in [0.3, 0.4) is 0 Å². The van der Waals surface area contributed by atoms with Gasteiger partial charge in [0.2, 0.25) is 11.7 Å². The highest BCUT2D eigenvalue weighted by Gasteiger charge is 2.30. The largest absolute Gasteiger partial charge is 0.449 e. The zero-order chi connectivity index (χ0) is 29.6. The number of amides is 3. The number of hydrogen-bond acceptors (Lipinski definition) is 7. The second kappa shape index (κ2) is 13.4. The van der Waals surface area contributed by atoms with Crippen molar-refractivity contribution in [1.29, 1.82) is 0 Å². The number of carbonyl (C=O) groups is 3. The molecule has 2 aromatic heterocycles. The molecule has 1 aliphatic carbocycles. The molecular weight excluding hydrogens is 546 g/mol. The Morgan fingerprint density at radius 2 is 1.80 bits per heavy atom. The van der Waals surface area contributed by atoms with Crippen molar-refractivity contribution in [2.24, 2.45) is 5.92 Å². The molecule has 1 aliphatic rings. The van der Waals surface area contributed by atoms with Gasteiger partial charge in [0.05, 0.1) is 5.02 Å². The zero-order valence-corrected chi connectivity index (χ0v) is 24.7. The highest BCUT2D eigenvalue weighted by molar-refractivity contribution is 6.30. The molecule has 3 aromatic rings. The molecule has 220 valence electrons. The third-order valence-corrected chi connectivity index (χ3v) is 7.29. The fourth-order valence-electron chi connectivity index (χ4n) is 4.97. The molecule has 11 heteroatoms. The second-order valence-electron chi connectivity index (χ2n) is 11.4. The van der Waals surface area contributed by atoms with Crippen LogP contribution in [0.15, 0.2) is 47.0 Å². The van der Waals surface area contributed by atoms with Crippen molar-refractivity contribution < 1.29 is 23.5 Å². The van der Waals surface area contributed by atoms with Crippen molar-refractivity contribution >= 4 is 52.0 Å².